The highest BCUT2D eigenvalue weighted by Gasteiger charge is 2.25. The molecule has 0 fully saturated rings. The van der Waals surface area contributed by atoms with E-state index in [4.69, 9.17) is 25.7 Å². The van der Waals surface area contributed by atoms with E-state index in [-0.39, 0.29) is 19.3 Å². The Kier molecular flexibility index (Phi) is 10.4. The lowest BCUT2D eigenvalue weighted by Gasteiger charge is -2.30. The summed E-state index contributed by atoms with van der Waals surface area (Å²) in [5.74, 6) is 4.55. The predicted molar refractivity (Wildman–Crippen MR) is 142 cm³/mol. The molecule has 0 unspecified atom stereocenters. The molecular weight excluding hydrogens is 454 g/mol. The van der Waals surface area contributed by atoms with Crippen LogP contribution in [0.4, 0.5) is 0 Å². The number of aryl methyl sites for hydroxylation is 1. The van der Waals surface area contributed by atoms with Crippen molar-refractivity contribution < 1.29 is 19.3 Å². The van der Waals surface area contributed by atoms with E-state index in [1.807, 2.05) is 59.3 Å². The van der Waals surface area contributed by atoms with Crippen molar-refractivity contribution in [3.8, 4) is 35.4 Å². The molecule has 0 bridgehead atoms. The zero-order valence-electron chi connectivity index (χ0n) is 21.7. The zero-order chi connectivity index (χ0) is 25.9. The Hall–Kier alpha value is -3.31. The van der Waals surface area contributed by atoms with Crippen molar-refractivity contribution in [3.05, 3.63) is 65.9 Å². The third-order valence-electron chi connectivity index (χ3n) is 6.15. The summed E-state index contributed by atoms with van der Waals surface area (Å²) in [6, 6.07) is 17.7. The van der Waals surface area contributed by atoms with Gasteiger partial charge in [-0.15, -0.1) is 6.42 Å². The number of rotatable bonds is 14. The van der Waals surface area contributed by atoms with Crippen LogP contribution >= 0.6 is 0 Å². The molecule has 2 atom stereocenters. The Morgan fingerprint density at radius 1 is 1.08 bits per heavy atom. The number of aromatic nitrogens is 2. The second kappa shape index (κ2) is 13.7. The predicted octanol–water partition coefficient (Wildman–Crippen LogP) is 4.85. The number of methoxy groups -OCH3 is 1. The van der Waals surface area contributed by atoms with Gasteiger partial charge in [0.2, 0.25) is 5.88 Å². The lowest BCUT2D eigenvalue weighted by molar-refractivity contribution is 0.0168. The maximum absolute atomic E-state index is 10.6. The Morgan fingerprint density at radius 2 is 1.78 bits per heavy atom. The summed E-state index contributed by atoms with van der Waals surface area (Å²) in [4.78, 5) is 2.25. The van der Waals surface area contributed by atoms with Crippen LogP contribution < -0.4 is 9.47 Å². The van der Waals surface area contributed by atoms with Crippen LogP contribution in [-0.4, -0.2) is 58.8 Å². The molecule has 7 heteroatoms. The standard InChI is InChI=1S/C29H37N3O4/c1-6-18-35-21-24(33)19-31(22(4)7-2)20-27-28(8-3)30-32(23-12-10-9-11-13-23)29(27)36-26-16-14-25(34-5)15-17-26/h1,9-17,22,24,33H,7-8,18-21H2,2-5H3/t22-,24-/m1/s1. The van der Waals surface area contributed by atoms with Crippen molar-refractivity contribution in [2.45, 2.75) is 52.3 Å². The average Bonchev–Trinajstić information content (AvgIpc) is 3.25. The maximum Gasteiger partial charge on any atom is 0.227 e. The number of para-hydroxylation sites is 1. The summed E-state index contributed by atoms with van der Waals surface area (Å²) in [6.07, 6.45) is 6.29. The molecule has 0 amide bonds. The van der Waals surface area contributed by atoms with Crippen molar-refractivity contribution >= 4 is 0 Å². The average molecular weight is 492 g/mol. The Morgan fingerprint density at radius 3 is 2.39 bits per heavy atom. The highest BCUT2D eigenvalue weighted by molar-refractivity contribution is 5.44. The van der Waals surface area contributed by atoms with E-state index in [1.54, 1.807) is 7.11 Å². The molecule has 0 aliphatic heterocycles. The van der Waals surface area contributed by atoms with Crippen LogP contribution in [0.2, 0.25) is 0 Å². The van der Waals surface area contributed by atoms with E-state index in [9.17, 15) is 5.11 Å². The van der Waals surface area contributed by atoms with Crippen molar-refractivity contribution in [2.24, 2.45) is 0 Å². The number of benzene rings is 2. The summed E-state index contributed by atoms with van der Waals surface area (Å²) in [5.41, 5.74) is 2.86. The lowest BCUT2D eigenvalue weighted by atomic mass is 10.1. The van der Waals surface area contributed by atoms with Gasteiger partial charge in [0.05, 0.1) is 36.8 Å². The fourth-order valence-electron chi connectivity index (χ4n) is 3.96. The Bertz CT molecular complexity index is 1110. The number of hydrogen-bond acceptors (Lipinski definition) is 6. The van der Waals surface area contributed by atoms with Gasteiger partial charge in [-0.2, -0.15) is 5.10 Å². The van der Waals surface area contributed by atoms with Crippen molar-refractivity contribution in [2.75, 3.05) is 26.9 Å². The monoisotopic (exact) mass is 491 g/mol. The molecule has 36 heavy (non-hydrogen) atoms. The van der Waals surface area contributed by atoms with Crippen LogP contribution in [0.15, 0.2) is 54.6 Å². The van der Waals surface area contributed by atoms with E-state index in [0.717, 1.165) is 35.5 Å². The first-order chi connectivity index (χ1) is 17.5. The summed E-state index contributed by atoms with van der Waals surface area (Å²) in [5, 5.41) is 15.6. The van der Waals surface area contributed by atoms with Crippen LogP contribution in [0.1, 0.15) is 38.4 Å². The fourth-order valence-corrected chi connectivity index (χ4v) is 3.96. The molecule has 7 nitrogen and oxygen atoms in total. The molecule has 3 aromatic rings. The van der Waals surface area contributed by atoms with Gasteiger partial charge in [0.15, 0.2) is 0 Å². The third kappa shape index (κ3) is 7.11. The first-order valence-corrected chi connectivity index (χ1v) is 12.4. The van der Waals surface area contributed by atoms with Gasteiger partial charge in [0.25, 0.3) is 0 Å². The Labute approximate surface area is 214 Å². The molecule has 0 saturated carbocycles. The van der Waals surface area contributed by atoms with Crippen molar-refractivity contribution in [1.29, 1.82) is 0 Å². The molecule has 1 N–H and O–H groups in total. The quantitative estimate of drug-likeness (QED) is 0.257. The van der Waals surface area contributed by atoms with Crippen molar-refractivity contribution in [1.82, 2.24) is 14.7 Å². The first kappa shape index (κ1) is 27.3. The summed E-state index contributed by atoms with van der Waals surface area (Å²) in [7, 11) is 1.64. The number of aliphatic hydroxyl groups excluding tert-OH is 1. The second-order valence-corrected chi connectivity index (χ2v) is 8.67. The van der Waals surface area contributed by atoms with Crippen LogP contribution in [0.5, 0.6) is 17.4 Å². The summed E-state index contributed by atoms with van der Waals surface area (Å²) < 4.78 is 19.0. The SMILES string of the molecule is C#CCOC[C@H](O)CN(Cc1c(CC)nn(-c2ccccc2)c1Oc1ccc(OC)cc1)[C@H](C)CC. The second-order valence-electron chi connectivity index (χ2n) is 8.67. The lowest BCUT2D eigenvalue weighted by Crippen LogP contribution is -2.40. The van der Waals surface area contributed by atoms with Crippen LogP contribution in [0.25, 0.3) is 5.69 Å². The maximum atomic E-state index is 10.6. The first-order valence-electron chi connectivity index (χ1n) is 12.4. The Balaban J connectivity index is 1.99. The van der Waals surface area contributed by atoms with E-state index in [0.29, 0.717) is 24.7 Å². The minimum absolute atomic E-state index is 0.185. The molecule has 0 saturated heterocycles. The minimum Gasteiger partial charge on any atom is -0.497 e. The fraction of sp³-hybridized carbons (Fsp3) is 0.414. The van der Waals surface area contributed by atoms with E-state index >= 15 is 0 Å². The number of hydrogen-bond donors (Lipinski definition) is 1. The van der Waals surface area contributed by atoms with Crippen LogP contribution in [0, 0.1) is 12.3 Å². The minimum atomic E-state index is -0.660. The molecule has 0 spiro atoms. The van der Waals surface area contributed by atoms with Gasteiger partial charge in [-0.25, -0.2) is 4.68 Å². The molecule has 0 aliphatic rings. The molecule has 2 aromatic carbocycles. The van der Waals surface area contributed by atoms with Gasteiger partial charge in [0, 0.05) is 19.1 Å². The van der Waals surface area contributed by atoms with E-state index in [1.165, 1.54) is 0 Å². The summed E-state index contributed by atoms with van der Waals surface area (Å²) in [6.45, 7) is 7.78. The van der Waals surface area contributed by atoms with Gasteiger partial charge in [-0.1, -0.05) is 38.0 Å². The number of terminal acetylenes is 1. The highest BCUT2D eigenvalue weighted by atomic mass is 16.5. The molecule has 0 aliphatic carbocycles. The van der Waals surface area contributed by atoms with E-state index < -0.39 is 6.10 Å². The number of aliphatic hydroxyl groups is 1. The number of ether oxygens (including phenoxy) is 3. The third-order valence-corrected chi connectivity index (χ3v) is 6.15. The van der Waals surface area contributed by atoms with Gasteiger partial charge in [0.1, 0.15) is 18.1 Å². The number of nitrogens with zero attached hydrogens (tertiary/aromatic N) is 3. The largest absolute Gasteiger partial charge is 0.497 e. The molecule has 1 aromatic heterocycles. The molecule has 0 radical (unpaired) electrons. The van der Waals surface area contributed by atoms with Gasteiger partial charge < -0.3 is 19.3 Å². The normalized spacial score (nSPS) is 12.8. The van der Waals surface area contributed by atoms with Crippen molar-refractivity contribution in [3.63, 3.8) is 0 Å². The van der Waals surface area contributed by atoms with Crippen LogP contribution in [0.3, 0.4) is 0 Å². The molecule has 1 heterocycles. The van der Waals surface area contributed by atoms with Gasteiger partial charge in [-0.05, 0) is 56.2 Å². The van der Waals surface area contributed by atoms with Gasteiger partial charge >= 0.3 is 0 Å². The summed E-state index contributed by atoms with van der Waals surface area (Å²) >= 11 is 0. The molecule has 3 rings (SSSR count). The van der Waals surface area contributed by atoms with Gasteiger partial charge in [-0.3, -0.25) is 4.90 Å². The zero-order valence-corrected chi connectivity index (χ0v) is 21.7. The topological polar surface area (TPSA) is 69.0 Å². The molecule has 192 valence electrons. The smallest absolute Gasteiger partial charge is 0.227 e. The van der Waals surface area contributed by atoms with Crippen LogP contribution in [-0.2, 0) is 17.7 Å². The molecular formula is C29H37N3O4. The highest BCUT2D eigenvalue weighted by Crippen LogP contribution is 2.33. The van der Waals surface area contributed by atoms with E-state index in [2.05, 4.69) is 31.6 Å².